The molecule has 1 saturated heterocycles. The van der Waals surface area contributed by atoms with Crippen LogP contribution in [0.15, 0.2) is 0 Å². The Hall–Kier alpha value is -0.570. The van der Waals surface area contributed by atoms with Crippen molar-refractivity contribution in [1.29, 1.82) is 0 Å². The van der Waals surface area contributed by atoms with Crippen molar-refractivity contribution in [3.63, 3.8) is 0 Å². The molecule has 1 rings (SSSR count). The van der Waals surface area contributed by atoms with Crippen molar-refractivity contribution in [3.05, 3.63) is 0 Å². The summed E-state index contributed by atoms with van der Waals surface area (Å²) in [6.07, 6.45) is 3.93. The summed E-state index contributed by atoms with van der Waals surface area (Å²) in [6.45, 7) is 4.19. The maximum atomic E-state index is 11.2. The van der Waals surface area contributed by atoms with Gasteiger partial charge in [-0.3, -0.25) is 4.79 Å². The number of hydrogen-bond donors (Lipinski definition) is 1. The monoisotopic (exact) mass is 185 g/mol. The number of carbonyl (C=O) groups excluding carboxylic acids is 1. The quantitative estimate of drug-likeness (QED) is 0.674. The van der Waals surface area contributed by atoms with Crippen LogP contribution in [-0.2, 0) is 9.53 Å². The van der Waals surface area contributed by atoms with Crippen LogP contribution >= 0.6 is 0 Å². The highest BCUT2D eigenvalue weighted by Crippen LogP contribution is 2.33. The highest BCUT2D eigenvalue weighted by molar-refractivity contribution is 5.70. The smallest absolute Gasteiger partial charge is 0.306 e. The van der Waals surface area contributed by atoms with E-state index in [-0.39, 0.29) is 11.4 Å². The zero-order valence-corrected chi connectivity index (χ0v) is 8.56. The zero-order valence-electron chi connectivity index (χ0n) is 8.56. The summed E-state index contributed by atoms with van der Waals surface area (Å²) in [5, 5.41) is 3.35. The fraction of sp³-hybridized carbons (Fsp3) is 0.900. The summed E-state index contributed by atoms with van der Waals surface area (Å²) in [6, 6.07) is 0. The first-order valence-electron chi connectivity index (χ1n) is 5.00. The van der Waals surface area contributed by atoms with E-state index in [4.69, 9.17) is 4.74 Å². The van der Waals surface area contributed by atoms with Gasteiger partial charge in [-0.1, -0.05) is 6.92 Å². The Morgan fingerprint density at radius 2 is 2.38 bits per heavy atom. The van der Waals surface area contributed by atoms with Crippen molar-refractivity contribution in [3.8, 4) is 0 Å². The van der Waals surface area contributed by atoms with Crippen molar-refractivity contribution in [1.82, 2.24) is 5.32 Å². The third-order valence-electron chi connectivity index (χ3n) is 3.06. The lowest BCUT2D eigenvalue weighted by atomic mass is 9.76. The van der Waals surface area contributed by atoms with E-state index in [0.29, 0.717) is 6.42 Å². The molecule has 0 unspecified atom stereocenters. The van der Waals surface area contributed by atoms with Crippen LogP contribution in [0.4, 0.5) is 0 Å². The zero-order chi connectivity index (χ0) is 9.73. The number of carbonyl (C=O) groups is 1. The van der Waals surface area contributed by atoms with Crippen LogP contribution in [0, 0.1) is 5.41 Å². The summed E-state index contributed by atoms with van der Waals surface area (Å²) < 4.78 is 4.71. The predicted octanol–water partition coefficient (Wildman–Crippen LogP) is 1.33. The molecule has 0 amide bonds. The Labute approximate surface area is 79.8 Å². The molecule has 0 radical (unpaired) electrons. The van der Waals surface area contributed by atoms with E-state index in [9.17, 15) is 4.79 Å². The first kappa shape index (κ1) is 10.5. The molecule has 1 atom stereocenters. The van der Waals surface area contributed by atoms with E-state index in [2.05, 4.69) is 12.2 Å². The van der Waals surface area contributed by atoms with E-state index in [1.807, 2.05) is 0 Å². The minimum absolute atomic E-state index is 0.0782. The Morgan fingerprint density at radius 3 is 2.85 bits per heavy atom. The van der Waals surface area contributed by atoms with Crippen LogP contribution < -0.4 is 5.32 Å². The van der Waals surface area contributed by atoms with Gasteiger partial charge in [0.2, 0.25) is 0 Å². The molecule has 1 heterocycles. The van der Waals surface area contributed by atoms with E-state index >= 15 is 0 Å². The van der Waals surface area contributed by atoms with E-state index in [1.54, 1.807) is 0 Å². The Balaban J connectivity index is 2.52. The number of hydrogen-bond acceptors (Lipinski definition) is 3. The fourth-order valence-electron chi connectivity index (χ4n) is 1.99. The highest BCUT2D eigenvalue weighted by atomic mass is 16.5. The Morgan fingerprint density at radius 1 is 1.62 bits per heavy atom. The van der Waals surface area contributed by atoms with Gasteiger partial charge in [0.1, 0.15) is 0 Å². The lowest BCUT2D eigenvalue weighted by Gasteiger charge is -2.35. The van der Waals surface area contributed by atoms with Crippen molar-refractivity contribution < 1.29 is 9.53 Å². The van der Waals surface area contributed by atoms with Crippen LogP contribution in [-0.4, -0.2) is 26.2 Å². The van der Waals surface area contributed by atoms with Gasteiger partial charge in [0, 0.05) is 6.54 Å². The number of methoxy groups -OCH3 is 1. The molecule has 1 fully saturated rings. The Kier molecular flexibility index (Phi) is 3.72. The normalized spacial score (nSPS) is 28.5. The average Bonchev–Trinajstić information content (AvgIpc) is 2.19. The fourth-order valence-corrected chi connectivity index (χ4v) is 1.99. The number of rotatable bonds is 3. The van der Waals surface area contributed by atoms with Gasteiger partial charge in [0.25, 0.3) is 0 Å². The molecule has 0 aromatic rings. The summed E-state index contributed by atoms with van der Waals surface area (Å²) in [5.74, 6) is -0.0782. The van der Waals surface area contributed by atoms with Gasteiger partial charge in [-0.05, 0) is 31.2 Å². The second-order valence-corrected chi connectivity index (χ2v) is 3.89. The van der Waals surface area contributed by atoms with Gasteiger partial charge in [-0.15, -0.1) is 0 Å². The highest BCUT2D eigenvalue weighted by Gasteiger charge is 2.32. The molecule has 0 aliphatic carbocycles. The van der Waals surface area contributed by atoms with Crippen molar-refractivity contribution in [2.75, 3.05) is 20.2 Å². The lowest BCUT2D eigenvalue weighted by molar-refractivity contribution is -0.143. The summed E-state index contributed by atoms with van der Waals surface area (Å²) in [4.78, 5) is 11.2. The van der Waals surface area contributed by atoms with Crippen molar-refractivity contribution in [2.45, 2.75) is 32.6 Å². The Bertz CT molecular complexity index is 174. The van der Waals surface area contributed by atoms with Gasteiger partial charge in [-0.25, -0.2) is 0 Å². The second-order valence-electron chi connectivity index (χ2n) is 3.89. The minimum Gasteiger partial charge on any atom is -0.469 e. The van der Waals surface area contributed by atoms with Crippen LogP contribution in [0.2, 0.25) is 0 Å². The average molecular weight is 185 g/mol. The van der Waals surface area contributed by atoms with E-state index in [0.717, 1.165) is 25.9 Å². The molecule has 13 heavy (non-hydrogen) atoms. The molecule has 0 bridgehead atoms. The topological polar surface area (TPSA) is 38.3 Å². The second kappa shape index (κ2) is 4.61. The van der Waals surface area contributed by atoms with Crippen LogP contribution in [0.3, 0.4) is 0 Å². The molecule has 0 aromatic heterocycles. The van der Waals surface area contributed by atoms with Crippen molar-refractivity contribution >= 4 is 5.97 Å². The number of ether oxygens (including phenoxy) is 1. The van der Waals surface area contributed by atoms with Gasteiger partial charge in [0.05, 0.1) is 13.5 Å². The summed E-state index contributed by atoms with van der Waals surface area (Å²) in [7, 11) is 1.46. The molecule has 0 saturated carbocycles. The van der Waals surface area contributed by atoms with Crippen LogP contribution in [0.1, 0.15) is 32.6 Å². The number of piperidine rings is 1. The first-order valence-corrected chi connectivity index (χ1v) is 5.00. The standard InChI is InChI=1S/C10H19NO2/c1-3-10(7-9(12)13-2)5-4-6-11-8-10/h11H,3-8H2,1-2H3/t10-/m1/s1. The molecule has 1 aliphatic rings. The van der Waals surface area contributed by atoms with Gasteiger partial charge < -0.3 is 10.1 Å². The molecular weight excluding hydrogens is 166 g/mol. The van der Waals surface area contributed by atoms with E-state index < -0.39 is 0 Å². The third kappa shape index (κ3) is 2.69. The molecule has 1 N–H and O–H groups in total. The van der Waals surface area contributed by atoms with Gasteiger partial charge >= 0.3 is 5.97 Å². The van der Waals surface area contributed by atoms with E-state index in [1.165, 1.54) is 13.5 Å². The number of nitrogens with one attached hydrogen (secondary N) is 1. The first-order chi connectivity index (χ1) is 6.22. The molecule has 76 valence electrons. The maximum absolute atomic E-state index is 11.2. The molecule has 1 aliphatic heterocycles. The SMILES string of the molecule is CC[C@]1(CC(=O)OC)CCCNC1. The molecule has 0 spiro atoms. The van der Waals surface area contributed by atoms with Crippen molar-refractivity contribution in [2.24, 2.45) is 5.41 Å². The summed E-state index contributed by atoms with van der Waals surface area (Å²) >= 11 is 0. The molecule has 3 nitrogen and oxygen atoms in total. The summed E-state index contributed by atoms with van der Waals surface area (Å²) in [5.41, 5.74) is 0.158. The minimum atomic E-state index is -0.0782. The molecule has 0 aromatic carbocycles. The van der Waals surface area contributed by atoms with Gasteiger partial charge in [0.15, 0.2) is 0 Å². The molecular formula is C10H19NO2. The largest absolute Gasteiger partial charge is 0.469 e. The van der Waals surface area contributed by atoms with Crippen LogP contribution in [0.5, 0.6) is 0 Å². The molecule has 3 heteroatoms. The lowest BCUT2D eigenvalue weighted by Crippen LogP contribution is -2.41. The van der Waals surface area contributed by atoms with Crippen LogP contribution in [0.25, 0.3) is 0 Å². The maximum Gasteiger partial charge on any atom is 0.306 e. The van der Waals surface area contributed by atoms with Gasteiger partial charge in [-0.2, -0.15) is 0 Å². The third-order valence-corrected chi connectivity index (χ3v) is 3.06. The predicted molar refractivity (Wildman–Crippen MR) is 51.5 cm³/mol. The number of esters is 1.